The van der Waals surface area contributed by atoms with Gasteiger partial charge in [0.1, 0.15) is 5.69 Å². The molecule has 2 amide bonds. The summed E-state index contributed by atoms with van der Waals surface area (Å²) in [6.07, 6.45) is 3.41. The Balaban J connectivity index is 1.84. The molecule has 0 aromatic carbocycles. The minimum atomic E-state index is -0.305. The average molecular weight is 232 g/mol. The number of pyridine rings is 1. The number of rotatable bonds is 2. The zero-order chi connectivity index (χ0) is 11.8. The van der Waals surface area contributed by atoms with E-state index in [4.69, 9.17) is 4.74 Å². The largest absolute Gasteiger partial charge is 0.376 e. The van der Waals surface area contributed by atoms with E-state index >= 15 is 0 Å². The fourth-order valence-electron chi connectivity index (χ4n) is 2.27. The van der Waals surface area contributed by atoms with Crippen LogP contribution in [-0.2, 0) is 4.74 Å². The highest BCUT2D eigenvalue weighted by Gasteiger charge is 2.38. The molecule has 1 aromatic heterocycles. The van der Waals surface area contributed by atoms with Crippen molar-refractivity contribution in [3.8, 4) is 0 Å². The fraction of sp³-hybridized carbons (Fsp3) is 0.417. The van der Waals surface area contributed by atoms with Gasteiger partial charge < -0.3 is 4.74 Å². The van der Waals surface area contributed by atoms with Gasteiger partial charge in [0.05, 0.1) is 18.2 Å². The van der Waals surface area contributed by atoms with Crippen molar-refractivity contribution in [3.05, 3.63) is 29.6 Å². The summed E-state index contributed by atoms with van der Waals surface area (Å²) in [6, 6.07) is 3.30. The lowest BCUT2D eigenvalue weighted by Crippen LogP contribution is -2.36. The van der Waals surface area contributed by atoms with E-state index in [9.17, 15) is 9.59 Å². The van der Waals surface area contributed by atoms with Crippen LogP contribution < -0.4 is 0 Å². The third kappa shape index (κ3) is 1.63. The second-order valence-electron chi connectivity index (χ2n) is 4.26. The molecule has 3 heterocycles. The van der Waals surface area contributed by atoms with Gasteiger partial charge in [-0.15, -0.1) is 0 Å². The van der Waals surface area contributed by atoms with Crippen LogP contribution in [0.4, 0.5) is 0 Å². The van der Waals surface area contributed by atoms with Crippen LogP contribution in [0.15, 0.2) is 18.3 Å². The summed E-state index contributed by atoms with van der Waals surface area (Å²) in [6.45, 7) is 1.06. The maximum Gasteiger partial charge on any atom is 0.280 e. The highest BCUT2D eigenvalue weighted by Crippen LogP contribution is 2.23. The van der Waals surface area contributed by atoms with E-state index in [1.165, 1.54) is 11.1 Å². The minimum Gasteiger partial charge on any atom is -0.376 e. The van der Waals surface area contributed by atoms with Crippen molar-refractivity contribution in [1.29, 1.82) is 0 Å². The molecule has 88 valence electrons. The van der Waals surface area contributed by atoms with Crippen molar-refractivity contribution in [2.45, 2.75) is 18.9 Å². The van der Waals surface area contributed by atoms with Gasteiger partial charge in [0.15, 0.2) is 0 Å². The Morgan fingerprint density at radius 1 is 1.41 bits per heavy atom. The zero-order valence-electron chi connectivity index (χ0n) is 9.26. The second kappa shape index (κ2) is 3.92. The van der Waals surface area contributed by atoms with Gasteiger partial charge in [-0.25, -0.2) is 0 Å². The van der Waals surface area contributed by atoms with Crippen molar-refractivity contribution in [3.63, 3.8) is 0 Å². The van der Waals surface area contributed by atoms with Gasteiger partial charge in [0, 0.05) is 12.8 Å². The molecule has 0 N–H and O–H groups in total. The van der Waals surface area contributed by atoms with E-state index < -0.39 is 0 Å². The van der Waals surface area contributed by atoms with E-state index in [2.05, 4.69) is 4.98 Å². The number of ether oxygens (including phenoxy) is 1. The van der Waals surface area contributed by atoms with Crippen molar-refractivity contribution in [2.24, 2.45) is 0 Å². The van der Waals surface area contributed by atoms with Crippen LogP contribution in [0.5, 0.6) is 0 Å². The Kier molecular flexibility index (Phi) is 2.40. The summed E-state index contributed by atoms with van der Waals surface area (Å²) >= 11 is 0. The molecule has 5 nitrogen and oxygen atoms in total. The fourth-order valence-corrected chi connectivity index (χ4v) is 2.27. The second-order valence-corrected chi connectivity index (χ2v) is 4.26. The topological polar surface area (TPSA) is 59.5 Å². The molecule has 1 fully saturated rings. The van der Waals surface area contributed by atoms with Crippen LogP contribution in [0.1, 0.15) is 33.7 Å². The normalized spacial score (nSPS) is 23.3. The zero-order valence-corrected chi connectivity index (χ0v) is 9.26. The molecule has 3 rings (SSSR count). The highest BCUT2D eigenvalue weighted by molar-refractivity contribution is 6.20. The van der Waals surface area contributed by atoms with Gasteiger partial charge in [-0.3, -0.25) is 19.5 Å². The Hall–Kier alpha value is -1.75. The lowest BCUT2D eigenvalue weighted by molar-refractivity contribution is 0.0474. The lowest BCUT2D eigenvalue weighted by Gasteiger charge is -2.17. The Bertz CT molecular complexity index is 445. The number of aromatic nitrogens is 1. The molecule has 1 atom stereocenters. The van der Waals surface area contributed by atoms with Crippen LogP contribution in [0.2, 0.25) is 0 Å². The van der Waals surface area contributed by atoms with Crippen molar-refractivity contribution in [2.75, 3.05) is 13.2 Å². The molecule has 1 aromatic rings. The predicted octanol–water partition coefficient (Wildman–Crippen LogP) is 0.857. The summed E-state index contributed by atoms with van der Waals surface area (Å²) in [5.41, 5.74) is 0.658. The summed E-state index contributed by atoms with van der Waals surface area (Å²) in [4.78, 5) is 29.2. The molecule has 2 aliphatic heterocycles. The molecule has 0 saturated carbocycles. The standard InChI is InChI=1S/C12H12N2O3/c15-11-9-4-1-5-13-10(9)12(16)14(11)7-8-3-2-6-17-8/h1,4-5,8H,2-3,6-7H2/t8-/m0/s1. The molecule has 1 saturated heterocycles. The Morgan fingerprint density at radius 3 is 3.00 bits per heavy atom. The number of carbonyl (C=O) groups excluding carboxylic acids is 2. The third-order valence-electron chi connectivity index (χ3n) is 3.14. The van der Waals surface area contributed by atoms with Crippen LogP contribution >= 0.6 is 0 Å². The molecular formula is C12H12N2O3. The average Bonchev–Trinajstić information content (AvgIpc) is 2.94. The molecule has 2 aliphatic rings. The smallest absolute Gasteiger partial charge is 0.280 e. The van der Waals surface area contributed by atoms with E-state index in [-0.39, 0.29) is 23.6 Å². The molecule has 5 heteroatoms. The predicted molar refractivity (Wildman–Crippen MR) is 58.6 cm³/mol. The molecule has 0 radical (unpaired) electrons. The highest BCUT2D eigenvalue weighted by atomic mass is 16.5. The number of fused-ring (bicyclic) bond motifs is 1. The molecule has 0 bridgehead atoms. The van der Waals surface area contributed by atoms with Gasteiger partial charge in [-0.1, -0.05) is 0 Å². The van der Waals surface area contributed by atoms with Crippen molar-refractivity contribution >= 4 is 11.8 Å². The maximum absolute atomic E-state index is 12.0. The van der Waals surface area contributed by atoms with Crippen LogP contribution in [-0.4, -0.2) is 41.0 Å². The lowest BCUT2D eigenvalue weighted by atomic mass is 10.2. The van der Waals surface area contributed by atoms with E-state index in [0.29, 0.717) is 18.7 Å². The molecule has 0 unspecified atom stereocenters. The number of hydrogen-bond donors (Lipinski definition) is 0. The van der Waals surface area contributed by atoms with Crippen molar-refractivity contribution < 1.29 is 14.3 Å². The Labute approximate surface area is 98.4 Å². The summed E-state index contributed by atoms with van der Waals surface area (Å²) in [5.74, 6) is -0.560. The van der Waals surface area contributed by atoms with Crippen molar-refractivity contribution in [1.82, 2.24) is 9.88 Å². The van der Waals surface area contributed by atoms with Crippen LogP contribution in [0, 0.1) is 0 Å². The molecule has 17 heavy (non-hydrogen) atoms. The van der Waals surface area contributed by atoms with E-state index in [1.54, 1.807) is 12.1 Å². The maximum atomic E-state index is 12.0. The number of imide groups is 1. The number of nitrogens with zero attached hydrogens (tertiary/aromatic N) is 2. The van der Waals surface area contributed by atoms with Gasteiger partial charge in [-0.05, 0) is 25.0 Å². The number of amides is 2. The summed E-state index contributed by atoms with van der Waals surface area (Å²) in [7, 11) is 0. The molecule has 0 spiro atoms. The van der Waals surface area contributed by atoms with Crippen LogP contribution in [0.25, 0.3) is 0 Å². The first-order chi connectivity index (χ1) is 8.27. The quantitative estimate of drug-likeness (QED) is 0.709. The summed E-state index contributed by atoms with van der Waals surface area (Å²) in [5, 5.41) is 0. The van der Waals surface area contributed by atoms with Crippen LogP contribution in [0.3, 0.4) is 0 Å². The number of hydrogen-bond acceptors (Lipinski definition) is 4. The SMILES string of the molecule is O=C1c2cccnc2C(=O)N1C[C@@H]1CCCO1. The number of carbonyl (C=O) groups is 2. The first-order valence-corrected chi connectivity index (χ1v) is 5.70. The first-order valence-electron chi connectivity index (χ1n) is 5.70. The Morgan fingerprint density at radius 2 is 2.29 bits per heavy atom. The molecule has 0 aliphatic carbocycles. The minimum absolute atomic E-state index is 0.0165. The van der Waals surface area contributed by atoms with Gasteiger partial charge in [-0.2, -0.15) is 0 Å². The van der Waals surface area contributed by atoms with Gasteiger partial charge in [0.2, 0.25) is 0 Å². The van der Waals surface area contributed by atoms with E-state index in [1.807, 2.05) is 0 Å². The third-order valence-corrected chi connectivity index (χ3v) is 3.14. The van der Waals surface area contributed by atoms with Gasteiger partial charge in [0.25, 0.3) is 11.8 Å². The monoisotopic (exact) mass is 232 g/mol. The molecular weight excluding hydrogens is 220 g/mol. The summed E-state index contributed by atoms with van der Waals surface area (Å²) < 4.78 is 5.44. The van der Waals surface area contributed by atoms with E-state index in [0.717, 1.165) is 12.8 Å². The first kappa shape index (κ1) is 10.4. The van der Waals surface area contributed by atoms with Gasteiger partial charge >= 0.3 is 0 Å².